The van der Waals surface area contributed by atoms with Crippen molar-refractivity contribution in [3.63, 3.8) is 0 Å². The lowest BCUT2D eigenvalue weighted by Gasteiger charge is -2.31. The summed E-state index contributed by atoms with van der Waals surface area (Å²) in [6, 6.07) is -0.670. The highest BCUT2D eigenvalue weighted by molar-refractivity contribution is 5.93. The van der Waals surface area contributed by atoms with Crippen molar-refractivity contribution >= 4 is 12.0 Å². The second kappa shape index (κ2) is 4.45. The molecule has 0 bridgehead atoms. The summed E-state index contributed by atoms with van der Waals surface area (Å²) in [5.74, 6) is -0.0157. The first-order valence-electron chi connectivity index (χ1n) is 5.05. The Kier molecular flexibility index (Phi) is 3.15. The van der Waals surface area contributed by atoms with E-state index in [0.717, 1.165) is 4.90 Å². The van der Waals surface area contributed by atoms with E-state index < -0.39 is 37.2 Å². The fraction of sp³-hybridized carbons (Fsp3) is 0.750. The van der Waals surface area contributed by atoms with E-state index in [0.29, 0.717) is 0 Å². The molecule has 1 fully saturated rings. The lowest BCUT2D eigenvalue weighted by molar-refractivity contribution is -0.0796. The van der Waals surface area contributed by atoms with Gasteiger partial charge in [-0.1, -0.05) is 0 Å². The first-order valence-corrected chi connectivity index (χ1v) is 5.05. The van der Waals surface area contributed by atoms with Crippen LogP contribution in [-0.2, 0) is 4.74 Å². The normalized spacial score (nSPS) is 37.9. The molecule has 0 aliphatic carbocycles. The number of aliphatic hydroxyl groups is 3. The van der Waals surface area contributed by atoms with Gasteiger partial charge in [0.1, 0.15) is 18.3 Å². The van der Waals surface area contributed by atoms with Gasteiger partial charge in [0.2, 0.25) is 0 Å². The van der Waals surface area contributed by atoms with Crippen LogP contribution in [0.1, 0.15) is 0 Å². The number of rotatable bonds is 2. The van der Waals surface area contributed by atoms with Crippen LogP contribution in [0.4, 0.5) is 4.79 Å². The van der Waals surface area contributed by atoms with Crippen LogP contribution in [0.15, 0.2) is 4.99 Å². The van der Waals surface area contributed by atoms with Gasteiger partial charge in [-0.25, -0.2) is 4.79 Å². The van der Waals surface area contributed by atoms with Crippen LogP contribution < -0.4 is 11.1 Å². The highest BCUT2D eigenvalue weighted by atomic mass is 16.6. The van der Waals surface area contributed by atoms with Gasteiger partial charge < -0.3 is 31.1 Å². The van der Waals surface area contributed by atoms with Crippen LogP contribution in [-0.4, -0.2) is 70.0 Å². The highest BCUT2D eigenvalue weighted by Crippen LogP contribution is 2.24. The minimum atomic E-state index is -1.30. The van der Waals surface area contributed by atoms with E-state index in [1.807, 2.05) is 0 Å². The number of nitrogens with zero attached hydrogens (tertiary/aromatic N) is 2. The maximum absolute atomic E-state index is 11.5. The Hall–Kier alpha value is -1.42. The van der Waals surface area contributed by atoms with Gasteiger partial charge in [0.25, 0.3) is 0 Å². The molecule has 2 amide bonds. The third-order valence-electron chi connectivity index (χ3n) is 2.72. The second-order valence-electron chi connectivity index (χ2n) is 3.81. The maximum Gasteiger partial charge on any atom is 0.350 e. The number of carbonyl (C=O) groups is 1. The zero-order valence-corrected chi connectivity index (χ0v) is 8.85. The third kappa shape index (κ3) is 2.05. The van der Waals surface area contributed by atoms with Gasteiger partial charge in [0, 0.05) is 0 Å². The Morgan fingerprint density at radius 3 is 2.76 bits per heavy atom. The number of carbonyl (C=O) groups excluding carboxylic acids is 1. The number of urea groups is 1. The van der Waals surface area contributed by atoms with Crippen LogP contribution >= 0.6 is 0 Å². The van der Waals surface area contributed by atoms with Crippen LogP contribution in [0.2, 0.25) is 0 Å². The van der Waals surface area contributed by atoms with Crippen LogP contribution in [0, 0.1) is 0 Å². The summed E-state index contributed by atoms with van der Waals surface area (Å²) in [5, 5.41) is 30.8. The van der Waals surface area contributed by atoms with Gasteiger partial charge in [0.15, 0.2) is 12.2 Å². The topological polar surface area (TPSA) is 141 Å². The summed E-state index contributed by atoms with van der Waals surface area (Å²) >= 11 is 0. The van der Waals surface area contributed by atoms with E-state index in [1.54, 1.807) is 0 Å². The Labute approximate surface area is 96.5 Å². The number of hydrogen-bond acceptors (Lipinski definition) is 7. The molecule has 9 heteroatoms. The average molecular weight is 246 g/mol. The first kappa shape index (κ1) is 12.0. The summed E-state index contributed by atoms with van der Waals surface area (Å²) in [4.78, 5) is 16.1. The van der Waals surface area contributed by atoms with Crippen molar-refractivity contribution in [1.29, 1.82) is 0 Å². The van der Waals surface area contributed by atoms with Gasteiger partial charge in [-0.05, 0) is 0 Å². The minimum absolute atomic E-state index is 0.0146. The average Bonchev–Trinajstić information content (AvgIpc) is 2.57. The lowest BCUT2D eigenvalue weighted by Crippen LogP contribution is -2.55. The predicted octanol–water partition coefficient (Wildman–Crippen LogP) is -3.28. The number of amides is 2. The van der Waals surface area contributed by atoms with E-state index in [2.05, 4.69) is 10.3 Å². The number of hydrogen-bond donors (Lipinski definition) is 5. The molecule has 0 saturated carbocycles. The number of nitrogens with two attached hydrogens (primary N) is 1. The van der Waals surface area contributed by atoms with E-state index in [9.17, 15) is 15.0 Å². The molecule has 0 aromatic heterocycles. The van der Waals surface area contributed by atoms with Crippen molar-refractivity contribution < 1.29 is 24.9 Å². The zero-order chi connectivity index (χ0) is 12.6. The van der Waals surface area contributed by atoms with E-state index in [1.165, 1.54) is 0 Å². The molecule has 1 unspecified atom stereocenters. The Morgan fingerprint density at radius 1 is 1.53 bits per heavy atom. The number of nitrogens with one attached hydrogen (secondary N) is 1. The van der Waals surface area contributed by atoms with Crippen LogP contribution in [0.25, 0.3) is 0 Å². The third-order valence-corrected chi connectivity index (χ3v) is 2.72. The fourth-order valence-corrected chi connectivity index (χ4v) is 1.78. The molecule has 96 valence electrons. The van der Waals surface area contributed by atoms with E-state index >= 15 is 0 Å². The summed E-state index contributed by atoms with van der Waals surface area (Å²) in [5.41, 5.74) is 5.30. The smallest absolute Gasteiger partial charge is 0.350 e. The number of guanidine groups is 1. The van der Waals surface area contributed by atoms with E-state index in [-0.39, 0.29) is 12.6 Å². The van der Waals surface area contributed by atoms with Gasteiger partial charge in [0.05, 0.1) is 13.3 Å². The molecule has 2 rings (SSSR count). The molecule has 2 heterocycles. The predicted molar refractivity (Wildman–Crippen MR) is 54.6 cm³/mol. The summed E-state index contributed by atoms with van der Waals surface area (Å²) in [7, 11) is 0. The van der Waals surface area contributed by atoms with Crippen molar-refractivity contribution in [3.8, 4) is 0 Å². The van der Waals surface area contributed by atoms with Gasteiger partial charge in [-0.3, -0.25) is 4.90 Å². The molecule has 17 heavy (non-hydrogen) atoms. The van der Waals surface area contributed by atoms with Gasteiger partial charge in [-0.15, -0.1) is 0 Å². The fourth-order valence-electron chi connectivity index (χ4n) is 1.78. The minimum Gasteiger partial charge on any atom is -0.394 e. The molecule has 0 spiro atoms. The molecular weight excluding hydrogens is 232 g/mol. The quantitative estimate of drug-likeness (QED) is 0.344. The van der Waals surface area contributed by atoms with Crippen molar-refractivity contribution in [2.75, 3.05) is 13.3 Å². The Bertz CT molecular complexity index is 349. The number of ether oxygens (including phenoxy) is 1. The molecule has 2 aliphatic heterocycles. The number of aliphatic imine (C=N–C) groups is 1. The van der Waals surface area contributed by atoms with Crippen molar-refractivity contribution in [2.45, 2.75) is 24.5 Å². The molecule has 4 atom stereocenters. The van der Waals surface area contributed by atoms with Crippen LogP contribution in [0.3, 0.4) is 0 Å². The molecule has 0 aromatic carbocycles. The van der Waals surface area contributed by atoms with Gasteiger partial charge in [-0.2, -0.15) is 4.99 Å². The molecule has 9 nitrogen and oxygen atoms in total. The molecule has 0 radical (unpaired) electrons. The molecule has 2 aliphatic rings. The molecule has 0 aromatic rings. The largest absolute Gasteiger partial charge is 0.394 e. The lowest BCUT2D eigenvalue weighted by atomic mass is 10.1. The standard InChI is InChI=1S/C8H14N4O5/c9-7-10-2-12(8(16)11-7)6-5(15)4(14)3(1-13)17-6/h3-6,13-15H,1-2H2,(H3,9,10,11,16)/t3-,4+,5?,6-/m1/s1. The molecule has 1 saturated heterocycles. The van der Waals surface area contributed by atoms with Crippen molar-refractivity contribution in [3.05, 3.63) is 0 Å². The highest BCUT2D eigenvalue weighted by Gasteiger charge is 2.47. The van der Waals surface area contributed by atoms with Gasteiger partial charge >= 0.3 is 6.03 Å². The second-order valence-corrected chi connectivity index (χ2v) is 3.81. The molecular formula is C8H14N4O5. The number of aliphatic hydroxyl groups excluding tert-OH is 3. The SMILES string of the molecule is NC1=NC(=O)N([C@@H]2O[C@H](CO)[C@H](O)C2O)CN1. The molecule has 6 N–H and O–H groups in total. The summed E-state index contributed by atoms with van der Waals surface area (Å²) in [6.45, 7) is -0.434. The Balaban J connectivity index is 2.11. The monoisotopic (exact) mass is 246 g/mol. The van der Waals surface area contributed by atoms with Crippen molar-refractivity contribution in [2.24, 2.45) is 10.7 Å². The van der Waals surface area contributed by atoms with E-state index in [4.69, 9.17) is 15.6 Å². The zero-order valence-electron chi connectivity index (χ0n) is 8.85. The van der Waals surface area contributed by atoms with Crippen molar-refractivity contribution in [1.82, 2.24) is 10.2 Å². The Morgan fingerprint density at radius 2 is 2.24 bits per heavy atom. The summed E-state index contributed by atoms with van der Waals surface area (Å²) in [6.07, 6.45) is -4.53. The maximum atomic E-state index is 11.5. The summed E-state index contributed by atoms with van der Waals surface area (Å²) < 4.78 is 5.19. The first-order chi connectivity index (χ1) is 8.04. The van der Waals surface area contributed by atoms with Crippen LogP contribution in [0.5, 0.6) is 0 Å².